The van der Waals surface area contributed by atoms with Crippen molar-refractivity contribution in [2.75, 3.05) is 0 Å². The van der Waals surface area contributed by atoms with Crippen LogP contribution in [0.1, 0.15) is 31.7 Å². The van der Waals surface area contributed by atoms with Crippen LogP contribution < -0.4 is 0 Å². The Bertz CT molecular complexity index is 1980. The third kappa shape index (κ3) is 4.60. The zero-order valence-corrected chi connectivity index (χ0v) is 24.2. The Morgan fingerprint density at radius 3 is 1.31 bits per heavy atom. The molecule has 0 heteroatoms. The second kappa shape index (κ2) is 11.1. The van der Waals surface area contributed by atoms with Crippen LogP contribution in [-0.2, 0) is 0 Å². The van der Waals surface area contributed by atoms with Gasteiger partial charge >= 0.3 is 0 Å². The van der Waals surface area contributed by atoms with E-state index in [0.717, 1.165) is 6.42 Å². The molecule has 1 atom stereocenters. The van der Waals surface area contributed by atoms with E-state index in [2.05, 4.69) is 166 Å². The molecule has 0 aliphatic heterocycles. The first-order chi connectivity index (χ1) is 20.7. The molecule has 7 rings (SSSR count). The zero-order valence-electron chi connectivity index (χ0n) is 24.2. The molecule has 0 heterocycles. The summed E-state index contributed by atoms with van der Waals surface area (Å²) in [4.78, 5) is 0. The minimum Gasteiger partial charge on any atom is -0.0648 e. The van der Waals surface area contributed by atoms with E-state index in [-0.39, 0.29) is 0 Å². The van der Waals surface area contributed by atoms with Crippen LogP contribution in [0.5, 0.6) is 0 Å². The largest absolute Gasteiger partial charge is 0.0648 e. The summed E-state index contributed by atoms with van der Waals surface area (Å²) in [6, 6.07) is 55.5. The molecule has 7 aromatic rings. The van der Waals surface area contributed by atoms with Gasteiger partial charge in [-0.1, -0.05) is 166 Å². The summed E-state index contributed by atoms with van der Waals surface area (Å²) in [5, 5.41) is 5.29. The summed E-state index contributed by atoms with van der Waals surface area (Å²) in [6.45, 7) is 4.66. The van der Waals surface area contributed by atoms with Crippen LogP contribution in [0, 0.1) is 0 Å². The van der Waals surface area contributed by atoms with E-state index >= 15 is 0 Å². The molecule has 0 aliphatic rings. The monoisotopic (exact) mass is 538 g/mol. The average molecular weight is 539 g/mol. The van der Waals surface area contributed by atoms with Gasteiger partial charge in [-0.2, -0.15) is 0 Å². The van der Waals surface area contributed by atoms with Crippen LogP contribution in [0.3, 0.4) is 0 Å². The van der Waals surface area contributed by atoms with Gasteiger partial charge in [0.25, 0.3) is 0 Å². The highest BCUT2D eigenvalue weighted by atomic mass is 14.2. The number of hydrogen-bond acceptors (Lipinski definition) is 0. The van der Waals surface area contributed by atoms with Crippen LogP contribution in [0.15, 0.2) is 152 Å². The normalized spacial score (nSPS) is 12.0. The lowest BCUT2D eigenvalue weighted by atomic mass is 9.81. The van der Waals surface area contributed by atoms with E-state index in [1.54, 1.807) is 0 Å². The maximum atomic E-state index is 2.36. The molecule has 0 amide bonds. The second-order valence-electron chi connectivity index (χ2n) is 11.3. The standard InChI is InChI=1S/C42H34/c1-3-29(2)36-19-12-20-39-40(34-25-21-32(22-26-34)30-13-6-4-7-14-30)37-17-10-11-18-38(37)41(42(36)39)35-27-23-33(24-28-35)31-15-8-5-9-16-31/h4-29H,3H2,1-2H3. The minimum absolute atomic E-state index is 0.450. The molecule has 0 bridgehead atoms. The van der Waals surface area contributed by atoms with Gasteiger partial charge in [-0.15, -0.1) is 0 Å². The predicted octanol–water partition coefficient (Wildman–Crippen LogP) is 12.2. The van der Waals surface area contributed by atoms with Gasteiger partial charge in [0, 0.05) is 0 Å². The minimum atomic E-state index is 0.450. The van der Waals surface area contributed by atoms with Crippen molar-refractivity contribution in [3.63, 3.8) is 0 Å². The quantitative estimate of drug-likeness (QED) is 0.185. The van der Waals surface area contributed by atoms with Gasteiger partial charge in [-0.05, 0) is 84.0 Å². The highest BCUT2D eigenvalue weighted by molar-refractivity contribution is 6.22. The Hall–Kier alpha value is -4.94. The molecule has 0 spiro atoms. The smallest absolute Gasteiger partial charge is 0.00235 e. The highest BCUT2D eigenvalue weighted by Gasteiger charge is 2.20. The van der Waals surface area contributed by atoms with Crippen molar-refractivity contribution in [1.82, 2.24) is 0 Å². The van der Waals surface area contributed by atoms with Gasteiger partial charge in [0.05, 0.1) is 0 Å². The first kappa shape index (κ1) is 26.0. The summed E-state index contributed by atoms with van der Waals surface area (Å²) in [5.74, 6) is 0.450. The Morgan fingerprint density at radius 2 is 0.786 bits per heavy atom. The summed E-state index contributed by atoms with van der Waals surface area (Å²) in [6.07, 6.45) is 1.10. The van der Waals surface area contributed by atoms with Crippen molar-refractivity contribution in [1.29, 1.82) is 0 Å². The average Bonchev–Trinajstić information content (AvgIpc) is 3.07. The van der Waals surface area contributed by atoms with E-state index < -0.39 is 0 Å². The van der Waals surface area contributed by atoms with Crippen molar-refractivity contribution in [2.45, 2.75) is 26.2 Å². The van der Waals surface area contributed by atoms with E-state index in [0.29, 0.717) is 5.92 Å². The lowest BCUT2D eigenvalue weighted by Crippen LogP contribution is -1.98. The summed E-state index contributed by atoms with van der Waals surface area (Å²) in [5.41, 5.74) is 11.6. The zero-order chi connectivity index (χ0) is 28.5. The molecule has 202 valence electrons. The maximum Gasteiger partial charge on any atom is -0.00235 e. The predicted molar refractivity (Wildman–Crippen MR) is 182 cm³/mol. The Morgan fingerprint density at radius 1 is 0.381 bits per heavy atom. The van der Waals surface area contributed by atoms with Crippen molar-refractivity contribution in [3.05, 3.63) is 157 Å². The third-order valence-electron chi connectivity index (χ3n) is 8.79. The SMILES string of the molecule is CCC(C)c1cccc2c(-c3ccc(-c4ccccc4)cc3)c3ccccc3c(-c3ccc(-c4ccccc4)cc3)c12. The molecule has 0 fully saturated rings. The molecule has 1 unspecified atom stereocenters. The molecule has 0 saturated heterocycles. The maximum absolute atomic E-state index is 2.36. The van der Waals surface area contributed by atoms with E-state index in [1.165, 1.54) is 71.6 Å². The molecule has 42 heavy (non-hydrogen) atoms. The lowest BCUT2D eigenvalue weighted by Gasteiger charge is -2.22. The molecule has 0 radical (unpaired) electrons. The van der Waals surface area contributed by atoms with Gasteiger partial charge < -0.3 is 0 Å². The molecule has 0 aromatic heterocycles. The van der Waals surface area contributed by atoms with Crippen LogP contribution in [0.25, 0.3) is 66.1 Å². The van der Waals surface area contributed by atoms with Crippen LogP contribution in [0.2, 0.25) is 0 Å². The fourth-order valence-electron chi connectivity index (χ4n) is 6.42. The highest BCUT2D eigenvalue weighted by Crippen LogP contribution is 2.46. The van der Waals surface area contributed by atoms with E-state index in [9.17, 15) is 0 Å². The first-order valence-corrected chi connectivity index (χ1v) is 15.0. The van der Waals surface area contributed by atoms with Gasteiger partial charge in [0.15, 0.2) is 0 Å². The van der Waals surface area contributed by atoms with Gasteiger partial charge in [0.1, 0.15) is 0 Å². The molecule has 0 N–H and O–H groups in total. The van der Waals surface area contributed by atoms with Crippen molar-refractivity contribution in [2.24, 2.45) is 0 Å². The van der Waals surface area contributed by atoms with E-state index in [1.807, 2.05) is 0 Å². The molecule has 7 aromatic carbocycles. The fraction of sp³-hybridized carbons (Fsp3) is 0.0952. The first-order valence-electron chi connectivity index (χ1n) is 15.0. The fourth-order valence-corrected chi connectivity index (χ4v) is 6.42. The third-order valence-corrected chi connectivity index (χ3v) is 8.79. The van der Waals surface area contributed by atoms with Crippen LogP contribution in [0.4, 0.5) is 0 Å². The number of fused-ring (bicyclic) bond motifs is 2. The summed E-state index contributed by atoms with van der Waals surface area (Å²) < 4.78 is 0. The Kier molecular flexibility index (Phi) is 6.90. The molecule has 0 saturated carbocycles. The van der Waals surface area contributed by atoms with Crippen LogP contribution >= 0.6 is 0 Å². The number of rotatable bonds is 6. The van der Waals surface area contributed by atoms with Crippen molar-refractivity contribution < 1.29 is 0 Å². The summed E-state index contributed by atoms with van der Waals surface area (Å²) in [7, 11) is 0. The molecular weight excluding hydrogens is 504 g/mol. The van der Waals surface area contributed by atoms with Gasteiger partial charge in [0.2, 0.25) is 0 Å². The van der Waals surface area contributed by atoms with Crippen molar-refractivity contribution >= 4 is 21.5 Å². The molecule has 0 aliphatic carbocycles. The van der Waals surface area contributed by atoms with Crippen LogP contribution in [-0.4, -0.2) is 0 Å². The Labute approximate surface area is 248 Å². The van der Waals surface area contributed by atoms with Gasteiger partial charge in [-0.25, -0.2) is 0 Å². The molecule has 0 nitrogen and oxygen atoms in total. The Balaban J connectivity index is 1.50. The topological polar surface area (TPSA) is 0 Å². The van der Waals surface area contributed by atoms with E-state index in [4.69, 9.17) is 0 Å². The molecular formula is C42H34. The second-order valence-corrected chi connectivity index (χ2v) is 11.3. The van der Waals surface area contributed by atoms with Crippen molar-refractivity contribution in [3.8, 4) is 44.5 Å². The van der Waals surface area contributed by atoms with Gasteiger partial charge in [-0.3, -0.25) is 0 Å². The summed E-state index contributed by atoms with van der Waals surface area (Å²) >= 11 is 0. The lowest BCUT2D eigenvalue weighted by molar-refractivity contribution is 0.740. The number of benzene rings is 7. The number of hydrogen-bond donors (Lipinski definition) is 0.